The van der Waals surface area contributed by atoms with Crippen molar-refractivity contribution in [2.75, 3.05) is 5.32 Å². The maximum atomic E-state index is 13.4. The highest BCUT2D eigenvalue weighted by Crippen LogP contribution is 2.38. The van der Waals surface area contributed by atoms with Crippen molar-refractivity contribution in [3.8, 4) is 0 Å². The second kappa shape index (κ2) is 9.61. The van der Waals surface area contributed by atoms with Gasteiger partial charge < -0.3 is 5.32 Å². The van der Waals surface area contributed by atoms with Gasteiger partial charge >= 0.3 is 0 Å². The molecule has 1 N–H and O–H groups in total. The topological polar surface area (TPSA) is 74.1 Å². The smallest absolute Gasteiger partial charge is 0.262 e. The minimum atomic E-state index is -0.611. The molecule has 0 saturated heterocycles. The molecule has 2 atom stereocenters. The first-order valence-corrected chi connectivity index (χ1v) is 11.8. The van der Waals surface area contributed by atoms with Crippen molar-refractivity contribution in [2.45, 2.75) is 24.1 Å². The molecule has 0 unspecified atom stereocenters. The summed E-state index contributed by atoms with van der Waals surface area (Å²) in [5.74, 6) is -0.901. The zero-order valence-corrected chi connectivity index (χ0v) is 18.9. The van der Waals surface area contributed by atoms with Crippen molar-refractivity contribution in [3.05, 3.63) is 102 Å². The zero-order valence-electron chi connectivity index (χ0n) is 18.1. The second-order valence-electron chi connectivity index (χ2n) is 7.99. The molecule has 2 amide bonds. The van der Waals surface area contributed by atoms with Gasteiger partial charge in [-0.1, -0.05) is 72.4 Å². The number of rotatable bonds is 5. The van der Waals surface area contributed by atoms with Crippen LogP contribution in [0.2, 0.25) is 0 Å². The lowest BCUT2D eigenvalue weighted by Crippen LogP contribution is -2.25. The normalized spacial score (nSPS) is 19.7. The average Bonchev–Trinajstić information content (AvgIpc) is 3.45. The van der Waals surface area contributed by atoms with Gasteiger partial charge in [0.1, 0.15) is 11.1 Å². The molecule has 170 valence electrons. The maximum absolute atomic E-state index is 13.4. The monoisotopic (exact) mass is 472 g/mol. The Morgan fingerprint density at radius 3 is 2.38 bits per heavy atom. The Bertz CT molecular complexity index is 1260. The Hall–Kier alpha value is -3.78. The first-order valence-electron chi connectivity index (χ1n) is 10.9. The molecule has 3 aromatic rings. The summed E-state index contributed by atoms with van der Waals surface area (Å²) in [4.78, 5) is 29.4. The van der Waals surface area contributed by atoms with Crippen LogP contribution in [0.5, 0.6) is 0 Å². The molecule has 0 fully saturated rings. The third kappa shape index (κ3) is 4.77. The number of hydrazone groups is 1. The van der Waals surface area contributed by atoms with Gasteiger partial charge in [0.25, 0.3) is 5.91 Å². The van der Waals surface area contributed by atoms with Crippen molar-refractivity contribution in [2.24, 2.45) is 10.1 Å². The summed E-state index contributed by atoms with van der Waals surface area (Å²) in [5.41, 5.74) is 3.32. The van der Waals surface area contributed by atoms with Gasteiger partial charge in [-0.05, 0) is 35.4 Å². The predicted molar refractivity (Wildman–Crippen MR) is 132 cm³/mol. The van der Waals surface area contributed by atoms with Crippen LogP contribution in [0.25, 0.3) is 0 Å². The van der Waals surface area contributed by atoms with Crippen LogP contribution in [0.4, 0.5) is 10.1 Å². The number of anilines is 1. The molecule has 2 heterocycles. The van der Waals surface area contributed by atoms with Gasteiger partial charge in [0.15, 0.2) is 5.17 Å². The van der Waals surface area contributed by atoms with E-state index >= 15 is 0 Å². The van der Waals surface area contributed by atoms with Gasteiger partial charge in [-0.2, -0.15) is 10.1 Å². The van der Waals surface area contributed by atoms with Crippen molar-refractivity contribution in [1.29, 1.82) is 0 Å². The number of benzene rings is 3. The molecule has 8 heteroatoms. The number of thioether (sulfide) groups is 1. The number of nitrogens with one attached hydrogen (secondary N) is 1. The minimum Gasteiger partial charge on any atom is -0.326 e. The molecule has 0 radical (unpaired) electrons. The Morgan fingerprint density at radius 2 is 1.68 bits per heavy atom. The summed E-state index contributed by atoms with van der Waals surface area (Å²) in [6.07, 6.45) is 0.604. The van der Waals surface area contributed by atoms with Crippen LogP contribution in [-0.2, 0) is 9.59 Å². The van der Waals surface area contributed by atoms with Gasteiger partial charge in [0.2, 0.25) is 5.91 Å². The molecule has 2 aliphatic rings. The number of hydrogen-bond acceptors (Lipinski definition) is 5. The fourth-order valence-corrected chi connectivity index (χ4v) is 5.01. The first kappa shape index (κ1) is 22.0. The van der Waals surface area contributed by atoms with Crippen LogP contribution in [-0.4, -0.2) is 33.0 Å². The highest BCUT2D eigenvalue weighted by Gasteiger charge is 2.39. The molecule has 2 aliphatic heterocycles. The van der Waals surface area contributed by atoms with E-state index < -0.39 is 5.25 Å². The molecule has 3 aromatic carbocycles. The summed E-state index contributed by atoms with van der Waals surface area (Å²) < 4.78 is 13.4. The molecule has 0 saturated carbocycles. The van der Waals surface area contributed by atoms with Crippen LogP contribution < -0.4 is 5.32 Å². The van der Waals surface area contributed by atoms with E-state index in [0.29, 0.717) is 17.3 Å². The number of carbonyl (C=O) groups excluding carboxylic acids is 2. The molecule has 5 rings (SSSR count). The Labute approximate surface area is 200 Å². The highest BCUT2D eigenvalue weighted by molar-refractivity contribution is 8.15. The Morgan fingerprint density at radius 1 is 1.00 bits per heavy atom. The van der Waals surface area contributed by atoms with E-state index in [4.69, 9.17) is 5.10 Å². The highest BCUT2D eigenvalue weighted by atomic mass is 32.2. The standard InChI is InChI=1S/C26H21FN4O2S/c27-19-13-11-17(12-14-19)21-15-22(18-7-3-1-4-8-18)31(30-21)26-29-25(33)23(34-26)16-24(32)28-20-9-5-2-6-10-20/h1-14,22-23H,15-16H2,(H,28,32)/t22-,23+/m0/s1. The summed E-state index contributed by atoms with van der Waals surface area (Å²) in [7, 11) is 0. The molecule has 0 aromatic heterocycles. The third-order valence-electron chi connectivity index (χ3n) is 5.63. The van der Waals surface area contributed by atoms with Crippen LogP contribution in [0.3, 0.4) is 0 Å². The number of halogens is 1. The fourth-order valence-electron chi connectivity index (χ4n) is 3.94. The molecule has 6 nitrogen and oxygen atoms in total. The third-order valence-corrected chi connectivity index (χ3v) is 6.77. The van der Waals surface area contributed by atoms with E-state index in [1.807, 2.05) is 48.5 Å². The van der Waals surface area contributed by atoms with E-state index in [2.05, 4.69) is 10.3 Å². The number of amidine groups is 1. The number of amides is 2. The number of nitrogens with zero attached hydrogens (tertiary/aromatic N) is 3. The molecule has 0 bridgehead atoms. The van der Waals surface area contributed by atoms with Crippen LogP contribution in [0.15, 0.2) is 95.0 Å². The lowest BCUT2D eigenvalue weighted by atomic mass is 9.99. The molecule has 34 heavy (non-hydrogen) atoms. The number of carbonyl (C=O) groups is 2. The number of aliphatic imine (C=N–C) groups is 1. The van der Waals surface area contributed by atoms with Gasteiger partial charge in [-0.25, -0.2) is 9.40 Å². The molecular weight excluding hydrogens is 451 g/mol. The number of para-hydroxylation sites is 1. The van der Waals surface area contributed by atoms with Gasteiger partial charge in [-0.3, -0.25) is 9.59 Å². The lowest BCUT2D eigenvalue weighted by molar-refractivity contribution is -0.121. The summed E-state index contributed by atoms with van der Waals surface area (Å²) in [6, 6.07) is 25.0. The maximum Gasteiger partial charge on any atom is 0.262 e. The fraction of sp³-hybridized carbons (Fsp3) is 0.154. The zero-order chi connectivity index (χ0) is 23.5. The van der Waals surface area contributed by atoms with E-state index in [1.54, 1.807) is 29.3 Å². The van der Waals surface area contributed by atoms with Gasteiger partial charge in [0.05, 0.1) is 11.8 Å². The minimum absolute atomic E-state index is 0.0176. The van der Waals surface area contributed by atoms with Crippen molar-refractivity contribution in [1.82, 2.24) is 5.01 Å². The quantitative estimate of drug-likeness (QED) is 0.567. The summed E-state index contributed by atoms with van der Waals surface area (Å²) in [5, 5.41) is 9.19. The van der Waals surface area contributed by atoms with Crippen LogP contribution in [0, 0.1) is 5.82 Å². The van der Waals surface area contributed by atoms with Crippen LogP contribution in [0.1, 0.15) is 30.0 Å². The molecule has 0 aliphatic carbocycles. The second-order valence-corrected chi connectivity index (χ2v) is 9.16. The summed E-state index contributed by atoms with van der Waals surface area (Å²) >= 11 is 1.25. The van der Waals surface area contributed by atoms with E-state index in [-0.39, 0.29) is 30.1 Å². The predicted octanol–water partition coefficient (Wildman–Crippen LogP) is 5.00. The SMILES string of the molecule is O=C(C[C@H]1SC(N2N=C(c3ccc(F)cc3)C[C@H]2c2ccccc2)=NC1=O)Nc1ccccc1. The largest absolute Gasteiger partial charge is 0.326 e. The summed E-state index contributed by atoms with van der Waals surface area (Å²) in [6.45, 7) is 0. The van der Waals surface area contributed by atoms with Gasteiger partial charge in [-0.15, -0.1) is 0 Å². The van der Waals surface area contributed by atoms with Crippen molar-refractivity contribution in [3.63, 3.8) is 0 Å². The van der Waals surface area contributed by atoms with Crippen molar-refractivity contribution >= 4 is 40.1 Å². The van der Waals surface area contributed by atoms with Gasteiger partial charge in [0, 0.05) is 18.5 Å². The average molecular weight is 473 g/mol. The Kier molecular flexibility index (Phi) is 6.22. The molecule has 0 spiro atoms. The molecular formula is C26H21FN4O2S. The number of hydrogen-bond donors (Lipinski definition) is 1. The van der Waals surface area contributed by atoms with E-state index in [9.17, 15) is 14.0 Å². The van der Waals surface area contributed by atoms with E-state index in [0.717, 1.165) is 16.8 Å². The van der Waals surface area contributed by atoms with Crippen molar-refractivity contribution < 1.29 is 14.0 Å². The van der Waals surface area contributed by atoms with Crippen LogP contribution >= 0.6 is 11.8 Å². The van der Waals surface area contributed by atoms with E-state index in [1.165, 1.54) is 23.9 Å². The Balaban J connectivity index is 1.35. The lowest BCUT2D eigenvalue weighted by Gasteiger charge is -2.23. The first-order chi connectivity index (χ1) is 16.6.